The Balaban J connectivity index is 1.97. The third kappa shape index (κ3) is 1.65. The van der Waals surface area contributed by atoms with Crippen molar-refractivity contribution in [3.8, 4) is 5.75 Å². The van der Waals surface area contributed by atoms with Gasteiger partial charge in [0.25, 0.3) is 0 Å². The largest absolute Gasteiger partial charge is 0.508 e. The lowest BCUT2D eigenvalue weighted by atomic mass is 10.0. The summed E-state index contributed by atoms with van der Waals surface area (Å²) in [5.41, 5.74) is 0. The Hall–Kier alpha value is -2.58. The molecule has 0 unspecified atom stereocenters. The van der Waals surface area contributed by atoms with Crippen LogP contribution in [0.25, 0.3) is 41.7 Å². The third-order valence-corrected chi connectivity index (χ3v) is 5.40. The molecule has 0 fully saturated rings. The number of benzene rings is 4. The lowest BCUT2D eigenvalue weighted by Crippen LogP contribution is -1.74. The molecule has 22 heavy (non-hydrogen) atoms. The second kappa shape index (κ2) is 4.21. The van der Waals surface area contributed by atoms with Crippen LogP contribution in [0.5, 0.6) is 5.75 Å². The van der Waals surface area contributed by atoms with E-state index in [1.165, 1.54) is 30.9 Å². The van der Waals surface area contributed by atoms with Gasteiger partial charge in [-0.15, -0.1) is 11.3 Å². The summed E-state index contributed by atoms with van der Waals surface area (Å²) in [5, 5.41) is 17.1. The predicted octanol–water partition coefficient (Wildman–Crippen LogP) is 6.07. The summed E-state index contributed by atoms with van der Waals surface area (Å²) in [5.74, 6) is 0.318. The number of phenolic OH excluding ortho intramolecular Hbond substituents is 1. The van der Waals surface area contributed by atoms with Gasteiger partial charge in [0.05, 0.1) is 0 Å². The van der Waals surface area contributed by atoms with E-state index in [4.69, 9.17) is 0 Å². The molecular formula is C20H12OS. The van der Waals surface area contributed by atoms with Gasteiger partial charge in [-0.2, -0.15) is 0 Å². The molecule has 0 aliphatic carbocycles. The molecule has 1 aromatic heterocycles. The lowest BCUT2D eigenvalue weighted by Gasteiger charge is -2.01. The van der Waals surface area contributed by atoms with Crippen LogP contribution < -0.4 is 0 Å². The van der Waals surface area contributed by atoms with E-state index >= 15 is 0 Å². The molecule has 0 amide bonds. The molecule has 1 nitrogen and oxygen atoms in total. The first kappa shape index (κ1) is 12.0. The smallest absolute Gasteiger partial charge is 0.116 e. The zero-order chi connectivity index (χ0) is 14.7. The normalized spacial score (nSPS) is 11.8. The summed E-state index contributed by atoms with van der Waals surface area (Å²) in [6, 6.07) is 23.0. The summed E-state index contributed by atoms with van der Waals surface area (Å²) in [7, 11) is 0. The Bertz CT molecular complexity index is 1180. The molecule has 0 aliphatic heterocycles. The van der Waals surface area contributed by atoms with Crippen LogP contribution in [0.1, 0.15) is 0 Å². The Morgan fingerprint density at radius 2 is 1.18 bits per heavy atom. The number of hydrogen-bond donors (Lipinski definition) is 1. The SMILES string of the molecule is Oc1ccc2cc3c(cc2c1)sc1cc2ccccc2cc13. The van der Waals surface area contributed by atoms with Gasteiger partial charge in [0.15, 0.2) is 0 Å². The van der Waals surface area contributed by atoms with E-state index in [1.807, 2.05) is 23.5 Å². The van der Waals surface area contributed by atoms with Crippen molar-refractivity contribution < 1.29 is 5.11 Å². The minimum Gasteiger partial charge on any atom is -0.508 e. The highest BCUT2D eigenvalue weighted by molar-refractivity contribution is 7.26. The minimum absolute atomic E-state index is 0.318. The molecular weight excluding hydrogens is 288 g/mol. The number of aromatic hydroxyl groups is 1. The number of phenols is 1. The van der Waals surface area contributed by atoms with E-state index in [2.05, 4.69) is 48.5 Å². The van der Waals surface area contributed by atoms with Crippen LogP contribution in [0.2, 0.25) is 0 Å². The van der Waals surface area contributed by atoms with Crippen molar-refractivity contribution in [1.82, 2.24) is 0 Å². The monoisotopic (exact) mass is 300 g/mol. The van der Waals surface area contributed by atoms with Crippen molar-refractivity contribution in [1.29, 1.82) is 0 Å². The molecule has 0 spiro atoms. The van der Waals surface area contributed by atoms with E-state index in [0.717, 1.165) is 10.8 Å². The van der Waals surface area contributed by atoms with Gasteiger partial charge in [-0.3, -0.25) is 0 Å². The van der Waals surface area contributed by atoms with Crippen molar-refractivity contribution in [3.05, 3.63) is 66.7 Å². The second-order valence-corrected chi connectivity index (χ2v) is 6.76. The second-order valence-electron chi connectivity index (χ2n) is 5.68. The Morgan fingerprint density at radius 3 is 1.91 bits per heavy atom. The molecule has 0 radical (unpaired) electrons. The van der Waals surface area contributed by atoms with Crippen molar-refractivity contribution in [3.63, 3.8) is 0 Å². The average Bonchev–Trinajstić information content (AvgIpc) is 2.87. The van der Waals surface area contributed by atoms with E-state index in [-0.39, 0.29) is 0 Å². The molecule has 5 rings (SSSR count). The fourth-order valence-corrected chi connectivity index (χ4v) is 4.36. The van der Waals surface area contributed by atoms with E-state index in [9.17, 15) is 5.11 Å². The summed E-state index contributed by atoms with van der Waals surface area (Å²) < 4.78 is 2.58. The van der Waals surface area contributed by atoms with Gasteiger partial charge in [0, 0.05) is 20.2 Å². The van der Waals surface area contributed by atoms with Crippen LogP contribution in [0, 0.1) is 0 Å². The van der Waals surface area contributed by atoms with Crippen molar-refractivity contribution >= 4 is 53.1 Å². The minimum atomic E-state index is 0.318. The van der Waals surface area contributed by atoms with E-state index < -0.39 is 0 Å². The quantitative estimate of drug-likeness (QED) is 0.368. The number of fused-ring (bicyclic) bond motifs is 5. The summed E-state index contributed by atoms with van der Waals surface area (Å²) in [6.45, 7) is 0. The predicted molar refractivity (Wildman–Crippen MR) is 96.0 cm³/mol. The first-order valence-corrected chi connectivity index (χ1v) is 8.07. The molecule has 0 bridgehead atoms. The van der Waals surface area contributed by atoms with Crippen molar-refractivity contribution in [2.45, 2.75) is 0 Å². The summed E-state index contributed by atoms with van der Waals surface area (Å²) in [6.07, 6.45) is 0. The summed E-state index contributed by atoms with van der Waals surface area (Å²) in [4.78, 5) is 0. The molecule has 1 heterocycles. The Labute approximate surface area is 131 Å². The van der Waals surface area contributed by atoms with Gasteiger partial charge in [0.1, 0.15) is 5.75 Å². The van der Waals surface area contributed by atoms with Crippen molar-refractivity contribution in [2.75, 3.05) is 0 Å². The van der Waals surface area contributed by atoms with Crippen LogP contribution in [-0.2, 0) is 0 Å². The highest BCUT2D eigenvalue weighted by Crippen LogP contribution is 2.38. The molecule has 2 heteroatoms. The maximum atomic E-state index is 9.67. The van der Waals surface area contributed by atoms with Crippen molar-refractivity contribution in [2.24, 2.45) is 0 Å². The fraction of sp³-hybridized carbons (Fsp3) is 0. The van der Waals surface area contributed by atoms with Gasteiger partial charge < -0.3 is 5.11 Å². The van der Waals surface area contributed by atoms with Crippen LogP contribution >= 0.6 is 11.3 Å². The van der Waals surface area contributed by atoms with Crippen LogP contribution in [0.4, 0.5) is 0 Å². The highest BCUT2D eigenvalue weighted by Gasteiger charge is 2.08. The fourth-order valence-electron chi connectivity index (χ4n) is 3.19. The maximum Gasteiger partial charge on any atom is 0.116 e. The summed E-state index contributed by atoms with van der Waals surface area (Å²) >= 11 is 1.82. The number of hydrogen-bond acceptors (Lipinski definition) is 2. The molecule has 5 aromatic rings. The van der Waals surface area contributed by atoms with Crippen LogP contribution in [-0.4, -0.2) is 5.11 Å². The lowest BCUT2D eigenvalue weighted by molar-refractivity contribution is 0.476. The third-order valence-electron chi connectivity index (χ3n) is 4.28. The van der Waals surface area contributed by atoms with E-state index in [0.29, 0.717) is 5.75 Å². The molecule has 104 valence electrons. The van der Waals surface area contributed by atoms with Gasteiger partial charge in [-0.05, 0) is 57.9 Å². The molecule has 0 aliphatic rings. The Morgan fingerprint density at radius 1 is 0.591 bits per heavy atom. The van der Waals surface area contributed by atoms with Gasteiger partial charge >= 0.3 is 0 Å². The van der Waals surface area contributed by atoms with E-state index in [1.54, 1.807) is 6.07 Å². The standard InChI is InChI=1S/C20H12OS/c21-16-6-5-14-9-18-17-8-12-3-1-2-4-13(12)10-19(17)22-20(18)11-15(14)7-16/h1-11,21H. The zero-order valence-corrected chi connectivity index (χ0v) is 12.5. The Kier molecular flexibility index (Phi) is 2.30. The molecule has 4 aromatic carbocycles. The molecule has 0 saturated carbocycles. The molecule has 1 N–H and O–H groups in total. The zero-order valence-electron chi connectivity index (χ0n) is 11.7. The van der Waals surface area contributed by atoms with Crippen LogP contribution in [0.15, 0.2) is 66.7 Å². The van der Waals surface area contributed by atoms with Crippen LogP contribution in [0.3, 0.4) is 0 Å². The van der Waals surface area contributed by atoms with Gasteiger partial charge in [-0.1, -0.05) is 30.3 Å². The van der Waals surface area contributed by atoms with Gasteiger partial charge in [0.2, 0.25) is 0 Å². The highest BCUT2D eigenvalue weighted by atomic mass is 32.1. The maximum absolute atomic E-state index is 9.67. The molecule has 0 saturated heterocycles. The first-order chi connectivity index (χ1) is 10.8. The number of rotatable bonds is 0. The topological polar surface area (TPSA) is 20.2 Å². The number of thiophene rings is 1. The van der Waals surface area contributed by atoms with Gasteiger partial charge in [-0.25, -0.2) is 0 Å². The molecule has 0 atom stereocenters. The first-order valence-electron chi connectivity index (χ1n) is 7.26. The average molecular weight is 300 g/mol.